The van der Waals surface area contributed by atoms with Crippen molar-refractivity contribution in [3.05, 3.63) is 170 Å². The van der Waals surface area contributed by atoms with Crippen LogP contribution in [-0.4, -0.2) is 9.97 Å². The number of para-hydroxylation sites is 1. The predicted octanol–water partition coefficient (Wildman–Crippen LogP) is 13.1. The number of hydrogen-bond donors (Lipinski definition) is 0. The van der Waals surface area contributed by atoms with Crippen molar-refractivity contribution in [2.75, 3.05) is 0 Å². The van der Waals surface area contributed by atoms with E-state index in [9.17, 15) is 0 Å². The van der Waals surface area contributed by atoms with Gasteiger partial charge in [-0.25, -0.2) is 9.97 Å². The van der Waals surface area contributed by atoms with E-state index in [2.05, 4.69) is 152 Å². The minimum atomic E-state index is 0.907. The summed E-state index contributed by atoms with van der Waals surface area (Å²) < 4.78 is 8.40. The Labute approximate surface area is 292 Å². The molecule has 3 nitrogen and oxygen atoms in total. The Morgan fingerprint density at radius 2 is 0.960 bits per heavy atom. The highest BCUT2D eigenvalue weighted by Gasteiger charge is 2.17. The molecule has 0 aliphatic rings. The first-order valence-electron chi connectivity index (χ1n) is 16.7. The minimum absolute atomic E-state index is 0.907. The molecule has 0 bridgehead atoms. The highest BCUT2D eigenvalue weighted by molar-refractivity contribution is 7.26. The summed E-state index contributed by atoms with van der Waals surface area (Å²) in [5.41, 5.74) is 14.3. The number of rotatable bonds is 5. The van der Waals surface area contributed by atoms with Crippen LogP contribution in [0.5, 0.6) is 0 Å². The lowest BCUT2D eigenvalue weighted by Crippen LogP contribution is -1.87. The quantitative estimate of drug-likeness (QED) is 0.185. The van der Waals surface area contributed by atoms with Gasteiger partial charge >= 0.3 is 0 Å². The van der Waals surface area contributed by atoms with Gasteiger partial charge in [-0.05, 0) is 74.8 Å². The number of fused-ring (bicyclic) bond motifs is 6. The molecule has 4 heteroatoms. The fourth-order valence-electron chi connectivity index (χ4n) is 7.13. The van der Waals surface area contributed by atoms with Crippen LogP contribution in [0, 0.1) is 0 Å². The average Bonchev–Trinajstić information content (AvgIpc) is 3.77. The first-order chi connectivity index (χ1) is 24.8. The van der Waals surface area contributed by atoms with Crippen LogP contribution in [0.1, 0.15) is 0 Å². The lowest BCUT2D eigenvalue weighted by molar-refractivity contribution is 0.669. The maximum Gasteiger partial charge on any atom is 0.135 e. The third-order valence-electron chi connectivity index (χ3n) is 9.62. The monoisotopic (exact) mass is 656 g/mol. The van der Waals surface area contributed by atoms with Gasteiger partial charge in [0.1, 0.15) is 17.5 Å². The Balaban J connectivity index is 1.03. The van der Waals surface area contributed by atoms with E-state index in [1.807, 2.05) is 12.1 Å². The van der Waals surface area contributed by atoms with Crippen molar-refractivity contribution >= 4 is 53.6 Å². The van der Waals surface area contributed by atoms with E-state index in [0.717, 1.165) is 65.5 Å². The third-order valence-corrected chi connectivity index (χ3v) is 10.9. The fourth-order valence-corrected chi connectivity index (χ4v) is 8.43. The Morgan fingerprint density at radius 1 is 0.380 bits per heavy atom. The standard InChI is InChI=1S/C46H28N2OS/c1-2-9-29(10-3-1)30-19-21-31(22-20-30)37-16-8-17-39-44-46(50-45(37)39)43(47-28-48-44)36-14-7-13-34(26-36)32-11-6-12-33(25-32)35-23-24-42-40(27-35)38-15-4-5-18-41(38)49-42/h1-28H. The zero-order valence-corrected chi connectivity index (χ0v) is 27.7. The summed E-state index contributed by atoms with van der Waals surface area (Å²) in [6.45, 7) is 0. The maximum absolute atomic E-state index is 6.08. The van der Waals surface area contributed by atoms with E-state index in [1.54, 1.807) is 17.7 Å². The summed E-state index contributed by atoms with van der Waals surface area (Å²) in [4.78, 5) is 9.66. The van der Waals surface area contributed by atoms with Crippen LogP contribution in [0.3, 0.4) is 0 Å². The third kappa shape index (κ3) is 4.80. The number of furan rings is 1. The molecule has 0 saturated carbocycles. The molecule has 7 aromatic carbocycles. The molecule has 3 heterocycles. The number of nitrogens with zero attached hydrogens (tertiary/aromatic N) is 2. The molecule has 0 fully saturated rings. The Morgan fingerprint density at radius 3 is 1.78 bits per heavy atom. The van der Waals surface area contributed by atoms with E-state index in [1.165, 1.54) is 32.5 Å². The Bertz CT molecular complexity index is 2870. The van der Waals surface area contributed by atoms with Crippen LogP contribution in [0.15, 0.2) is 175 Å². The second-order valence-electron chi connectivity index (χ2n) is 12.6. The number of hydrogen-bond acceptors (Lipinski definition) is 4. The van der Waals surface area contributed by atoms with Crippen LogP contribution < -0.4 is 0 Å². The van der Waals surface area contributed by atoms with Gasteiger partial charge in [-0.3, -0.25) is 0 Å². The van der Waals surface area contributed by atoms with Gasteiger partial charge in [0.25, 0.3) is 0 Å². The zero-order chi connectivity index (χ0) is 33.0. The van der Waals surface area contributed by atoms with E-state index in [-0.39, 0.29) is 0 Å². The first kappa shape index (κ1) is 28.6. The first-order valence-corrected chi connectivity index (χ1v) is 17.5. The molecule has 0 amide bonds. The molecule has 0 spiro atoms. The van der Waals surface area contributed by atoms with Crippen LogP contribution >= 0.6 is 11.3 Å². The highest BCUT2D eigenvalue weighted by Crippen LogP contribution is 2.43. The lowest BCUT2D eigenvalue weighted by Gasteiger charge is -2.09. The second kappa shape index (κ2) is 11.7. The zero-order valence-electron chi connectivity index (χ0n) is 26.9. The molecule has 0 atom stereocenters. The van der Waals surface area contributed by atoms with Crippen LogP contribution in [-0.2, 0) is 0 Å². The molecule has 10 rings (SSSR count). The lowest BCUT2D eigenvalue weighted by atomic mass is 9.96. The molecule has 0 N–H and O–H groups in total. The summed E-state index contributed by atoms with van der Waals surface area (Å²) in [5, 5.41) is 3.43. The molecular formula is C46H28N2OS. The van der Waals surface area contributed by atoms with Crippen molar-refractivity contribution in [1.29, 1.82) is 0 Å². The summed E-state index contributed by atoms with van der Waals surface area (Å²) in [6.07, 6.45) is 1.70. The van der Waals surface area contributed by atoms with Gasteiger partial charge in [0.2, 0.25) is 0 Å². The Kier molecular flexibility index (Phi) is 6.68. The molecule has 0 unspecified atom stereocenters. The molecular weight excluding hydrogens is 629 g/mol. The van der Waals surface area contributed by atoms with E-state index in [4.69, 9.17) is 14.4 Å². The van der Waals surface area contributed by atoms with Gasteiger partial charge in [0, 0.05) is 26.4 Å². The van der Waals surface area contributed by atoms with Crippen molar-refractivity contribution in [3.63, 3.8) is 0 Å². The van der Waals surface area contributed by atoms with Gasteiger partial charge in [-0.15, -0.1) is 11.3 Å². The summed E-state index contributed by atoms with van der Waals surface area (Å²) in [7, 11) is 0. The molecule has 234 valence electrons. The van der Waals surface area contributed by atoms with E-state index >= 15 is 0 Å². The van der Waals surface area contributed by atoms with Gasteiger partial charge < -0.3 is 4.42 Å². The van der Waals surface area contributed by atoms with Crippen molar-refractivity contribution < 1.29 is 4.42 Å². The SMILES string of the molecule is c1ccc(-c2ccc(-c3cccc4c3sc3c(-c5cccc(-c6cccc(-c7ccc8oc9ccccc9c8c7)c6)c5)ncnc34)cc2)cc1. The van der Waals surface area contributed by atoms with Crippen molar-refractivity contribution in [1.82, 2.24) is 9.97 Å². The van der Waals surface area contributed by atoms with Crippen molar-refractivity contribution in [3.8, 4) is 55.8 Å². The van der Waals surface area contributed by atoms with Crippen molar-refractivity contribution in [2.24, 2.45) is 0 Å². The van der Waals surface area contributed by atoms with Gasteiger partial charge in [-0.2, -0.15) is 0 Å². The van der Waals surface area contributed by atoms with Crippen molar-refractivity contribution in [2.45, 2.75) is 0 Å². The topological polar surface area (TPSA) is 38.9 Å². The average molecular weight is 657 g/mol. The fraction of sp³-hybridized carbons (Fsp3) is 0. The Hall–Kier alpha value is -6.36. The number of thiophene rings is 1. The highest BCUT2D eigenvalue weighted by atomic mass is 32.1. The van der Waals surface area contributed by atoms with Crippen LogP contribution in [0.4, 0.5) is 0 Å². The predicted molar refractivity (Wildman–Crippen MR) is 209 cm³/mol. The number of aromatic nitrogens is 2. The van der Waals surface area contributed by atoms with E-state index < -0.39 is 0 Å². The molecule has 10 aromatic rings. The molecule has 0 radical (unpaired) electrons. The van der Waals surface area contributed by atoms with Gasteiger partial charge in [-0.1, -0.05) is 133 Å². The normalized spacial score (nSPS) is 11.6. The minimum Gasteiger partial charge on any atom is -0.456 e. The molecule has 50 heavy (non-hydrogen) atoms. The molecule has 0 saturated heterocycles. The van der Waals surface area contributed by atoms with E-state index in [0.29, 0.717) is 0 Å². The number of benzene rings is 7. The van der Waals surface area contributed by atoms with Gasteiger partial charge in [0.05, 0.1) is 15.9 Å². The maximum atomic E-state index is 6.08. The molecule has 3 aromatic heterocycles. The molecule has 0 aliphatic carbocycles. The smallest absolute Gasteiger partial charge is 0.135 e. The summed E-state index contributed by atoms with van der Waals surface area (Å²) >= 11 is 1.78. The van der Waals surface area contributed by atoms with Crippen LogP contribution in [0.2, 0.25) is 0 Å². The van der Waals surface area contributed by atoms with Gasteiger partial charge in [0.15, 0.2) is 0 Å². The second-order valence-corrected chi connectivity index (χ2v) is 13.6. The van der Waals surface area contributed by atoms with Crippen LogP contribution in [0.25, 0.3) is 98.0 Å². The summed E-state index contributed by atoms with van der Waals surface area (Å²) in [6, 6.07) is 58.1. The molecule has 0 aliphatic heterocycles. The largest absolute Gasteiger partial charge is 0.456 e. The summed E-state index contributed by atoms with van der Waals surface area (Å²) in [5.74, 6) is 0.